The zero-order valence-electron chi connectivity index (χ0n) is 16.6. The fraction of sp³-hybridized carbons (Fsp3) is 0.316. The first-order valence-corrected chi connectivity index (χ1v) is 12.2. The highest BCUT2D eigenvalue weighted by molar-refractivity contribution is 7.92. The SMILES string of the molecule is Cc1ccc(S(=O)(=O)N(C)C)cc1NC(=O)c1ccc2c(c1)CCN2S(C)(=O)=O. The van der Waals surface area contributed by atoms with Gasteiger partial charge in [-0.25, -0.2) is 21.1 Å². The Hall–Kier alpha value is -2.43. The van der Waals surface area contributed by atoms with Gasteiger partial charge in [0.15, 0.2) is 0 Å². The highest BCUT2D eigenvalue weighted by atomic mass is 32.2. The van der Waals surface area contributed by atoms with Gasteiger partial charge in [-0.05, 0) is 54.8 Å². The van der Waals surface area contributed by atoms with Crippen molar-refractivity contribution >= 4 is 37.3 Å². The molecule has 1 N–H and O–H groups in total. The third-order valence-corrected chi connectivity index (χ3v) is 7.82. The molecule has 0 spiro atoms. The minimum Gasteiger partial charge on any atom is -0.322 e. The van der Waals surface area contributed by atoms with E-state index in [0.717, 1.165) is 21.7 Å². The molecule has 2 aromatic rings. The number of amides is 1. The quantitative estimate of drug-likeness (QED) is 0.768. The van der Waals surface area contributed by atoms with Crippen LogP contribution in [0.25, 0.3) is 0 Å². The second kappa shape index (κ2) is 7.43. The first-order valence-electron chi connectivity index (χ1n) is 8.86. The number of fused-ring (bicyclic) bond motifs is 1. The van der Waals surface area contributed by atoms with Gasteiger partial charge in [0.1, 0.15) is 0 Å². The van der Waals surface area contributed by atoms with Gasteiger partial charge >= 0.3 is 0 Å². The molecule has 1 heterocycles. The number of anilines is 2. The highest BCUT2D eigenvalue weighted by Gasteiger charge is 2.27. The number of benzene rings is 2. The average Bonchev–Trinajstić information content (AvgIpc) is 3.06. The zero-order chi connectivity index (χ0) is 21.6. The van der Waals surface area contributed by atoms with Crippen LogP contribution in [0.2, 0.25) is 0 Å². The number of carbonyl (C=O) groups is 1. The Morgan fingerprint density at radius 2 is 1.76 bits per heavy atom. The molecule has 3 rings (SSSR count). The van der Waals surface area contributed by atoms with Crippen molar-refractivity contribution in [2.45, 2.75) is 18.2 Å². The lowest BCUT2D eigenvalue weighted by molar-refractivity contribution is 0.102. The van der Waals surface area contributed by atoms with Crippen molar-refractivity contribution in [3.63, 3.8) is 0 Å². The van der Waals surface area contributed by atoms with Crippen molar-refractivity contribution in [1.29, 1.82) is 0 Å². The van der Waals surface area contributed by atoms with Crippen molar-refractivity contribution in [2.75, 3.05) is 36.5 Å². The molecule has 10 heteroatoms. The Morgan fingerprint density at radius 1 is 1.07 bits per heavy atom. The summed E-state index contributed by atoms with van der Waals surface area (Å²) in [5.74, 6) is -0.395. The summed E-state index contributed by atoms with van der Waals surface area (Å²) in [6.45, 7) is 2.12. The number of hydrogen-bond acceptors (Lipinski definition) is 5. The summed E-state index contributed by atoms with van der Waals surface area (Å²) in [7, 11) is -4.10. The van der Waals surface area contributed by atoms with Gasteiger partial charge in [0.25, 0.3) is 5.91 Å². The van der Waals surface area contributed by atoms with Gasteiger partial charge < -0.3 is 5.32 Å². The second-order valence-electron chi connectivity index (χ2n) is 7.15. The van der Waals surface area contributed by atoms with Crippen LogP contribution in [0.1, 0.15) is 21.5 Å². The maximum Gasteiger partial charge on any atom is 0.255 e. The third kappa shape index (κ3) is 4.14. The lowest BCUT2D eigenvalue weighted by Gasteiger charge is -2.17. The van der Waals surface area contributed by atoms with Crippen molar-refractivity contribution in [3.8, 4) is 0 Å². The van der Waals surface area contributed by atoms with Crippen molar-refractivity contribution in [3.05, 3.63) is 53.1 Å². The fourth-order valence-electron chi connectivity index (χ4n) is 3.16. The number of nitrogens with zero attached hydrogens (tertiary/aromatic N) is 2. The van der Waals surface area contributed by atoms with E-state index in [1.807, 2.05) is 0 Å². The van der Waals surface area contributed by atoms with Crippen LogP contribution in [0, 0.1) is 6.92 Å². The lowest BCUT2D eigenvalue weighted by atomic mass is 10.1. The van der Waals surface area contributed by atoms with E-state index in [-0.39, 0.29) is 4.90 Å². The minimum atomic E-state index is -3.63. The molecule has 1 amide bonds. The van der Waals surface area contributed by atoms with E-state index >= 15 is 0 Å². The van der Waals surface area contributed by atoms with Crippen LogP contribution in [-0.2, 0) is 26.5 Å². The molecule has 0 saturated heterocycles. The molecule has 8 nitrogen and oxygen atoms in total. The van der Waals surface area contributed by atoms with E-state index in [2.05, 4.69) is 5.32 Å². The predicted molar refractivity (Wildman–Crippen MR) is 112 cm³/mol. The first-order chi connectivity index (χ1) is 13.4. The van der Waals surface area contributed by atoms with Crippen LogP contribution in [0.5, 0.6) is 0 Å². The molecule has 0 aromatic heterocycles. The number of carbonyl (C=O) groups excluding carboxylic acids is 1. The standard InChI is InChI=1S/C19H23N3O5S2/c1-13-5-7-16(29(26,27)21(2)3)12-17(13)20-19(23)15-6-8-18-14(11-15)9-10-22(18)28(4,24)25/h5-8,11-12H,9-10H2,1-4H3,(H,20,23). The van der Waals surface area contributed by atoms with Gasteiger partial charge in [0, 0.05) is 31.9 Å². The van der Waals surface area contributed by atoms with E-state index in [4.69, 9.17) is 0 Å². The molecule has 156 valence electrons. The van der Waals surface area contributed by atoms with Gasteiger partial charge in [-0.2, -0.15) is 0 Å². The molecule has 0 bridgehead atoms. The molecule has 2 aromatic carbocycles. The zero-order valence-corrected chi connectivity index (χ0v) is 18.3. The normalized spacial score (nSPS) is 14.2. The van der Waals surface area contributed by atoms with Gasteiger partial charge in [-0.3, -0.25) is 9.10 Å². The second-order valence-corrected chi connectivity index (χ2v) is 11.2. The summed E-state index contributed by atoms with van der Waals surface area (Å²) in [6.07, 6.45) is 1.68. The van der Waals surface area contributed by atoms with Gasteiger partial charge in [-0.15, -0.1) is 0 Å². The van der Waals surface area contributed by atoms with Crippen molar-refractivity contribution in [1.82, 2.24) is 4.31 Å². The molecule has 0 unspecified atom stereocenters. The lowest BCUT2D eigenvalue weighted by Crippen LogP contribution is -2.27. The molecular formula is C19H23N3O5S2. The Labute approximate surface area is 171 Å². The van der Waals surface area contributed by atoms with Crippen LogP contribution in [0.4, 0.5) is 11.4 Å². The molecule has 0 radical (unpaired) electrons. The predicted octanol–water partition coefficient (Wildman–Crippen LogP) is 1.82. The Bertz CT molecular complexity index is 1190. The average molecular weight is 438 g/mol. The number of nitrogens with one attached hydrogen (secondary N) is 1. The fourth-order valence-corrected chi connectivity index (χ4v) is 5.05. The number of hydrogen-bond donors (Lipinski definition) is 1. The Morgan fingerprint density at radius 3 is 2.38 bits per heavy atom. The van der Waals surface area contributed by atoms with E-state index in [9.17, 15) is 21.6 Å². The summed E-state index contributed by atoms with van der Waals surface area (Å²) < 4.78 is 50.8. The number of aryl methyl sites for hydroxylation is 1. The molecule has 0 saturated carbocycles. The Balaban J connectivity index is 1.89. The third-order valence-electron chi connectivity index (χ3n) is 4.83. The van der Waals surface area contributed by atoms with Gasteiger partial charge in [0.05, 0.1) is 16.8 Å². The van der Waals surface area contributed by atoms with E-state index < -0.39 is 26.0 Å². The number of rotatable bonds is 5. The van der Waals surface area contributed by atoms with E-state index in [0.29, 0.717) is 29.9 Å². The maximum atomic E-state index is 12.7. The van der Waals surface area contributed by atoms with E-state index in [1.165, 1.54) is 30.5 Å². The molecule has 0 fully saturated rings. The van der Waals surface area contributed by atoms with Crippen LogP contribution < -0.4 is 9.62 Å². The summed E-state index contributed by atoms with van der Waals surface area (Å²) in [4.78, 5) is 12.8. The molecular weight excluding hydrogens is 414 g/mol. The van der Waals surface area contributed by atoms with Crippen LogP contribution in [-0.4, -0.2) is 53.9 Å². The molecule has 29 heavy (non-hydrogen) atoms. The molecule has 1 aliphatic heterocycles. The first kappa shape index (κ1) is 21.3. The van der Waals surface area contributed by atoms with E-state index in [1.54, 1.807) is 31.2 Å². The topological polar surface area (TPSA) is 104 Å². The maximum absolute atomic E-state index is 12.7. The van der Waals surface area contributed by atoms with Gasteiger partial charge in [0.2, 0.25) is 20.0 Å². The van der Waals surface area contributed by atoms with Gasteiger partial charge in [-0.1, -0.05) is 6.07 Å². The molecule has 0 aliphatic carbocycles. The monoisotopic (exact) mass is 437 g/mol. The molecule has 0 atom stereocenters. The van der Waals surface area contributed by atoms with Crippen molar-refractivity contribution in [2.24, 2.45) is 0 Å². The van der Waals surface area contributed by atoms with Crippen molar-refractivity contribution < 1.29 is 21.6 Å². The molecule has 1 aliphatic rings. The van der Waals surface area contributed by atoms with Crippen LogP contribution in [0.15, 0.2) is 41.3 Å². The van der Waals surface area contributed by atoms with Crippen LogP contribution >= 0.6 is 0 Å². The smallest absolute Gasteiger partial charge is 0.255 e. The Kier molecular flexibility index (Phi) is 5.46. The largest absolute Gasteiger partial charge is 0.322 e. The summed E-state index contributed by atoms with van der Waals surface area (Å²) in [6, 6.07) is 9.42. The highest BCUT2D eigenvalue weighted by Crippen LogP contribution is 2.31. The summed E-state index contributed by atoms with van der Waals surface area (Å²) >= 11 is 0. The van der Waals surface area contributed by atoms with Crippen LogP contribution in [0.3, 0.4) is 0 Å². The number of sulfonamides is 2. The summed E-state index contributed by atoms with van der Waals surface area (Å²) in [5, 5.41) is 2.76. The summed E-state index contributed by atoms with van der Waals surface area (Å²) in [5.41, 5.74) is 2.86. The minimum absolute atomic E-state index is 0.0844.